The van der Waals surface area contributed by atoms with Gasteiger partial charge in [0.15, 0.2) is 8.32 Å². The van der Waals surface area contributed by atoms with Crippen molar-refractivity contribution in [2.45, 2.75) is 62.2 Å². The zero-order valence-electron chi connectivity index (χ0n) is 17.0. The SMILES string of the molecule is [2H]C([2H])(CO[Si](C)(C)C(C)(C)C)CC1(c2cccnc2)SCCCS1. The lowest BCUT2D eigenvalue weighted by Crippen LogP contribution is -2.41. The first-order valence-corrected chi connectivity index (χ1v) is 13.2. The van der Waals surface area contributed by atoms with Gasteiger partial charge in [0, 0.05) is 21.7 Å². The van der Waals surface area contributed by atoms with Gasteiger partial charge in [0.2, 0.25) is 0 Å². The largest absolute Gasteiger partial charge is 0.417 e. The van der Waals surface area contributed by atoms with Gasteiger partial charge in [0.1, 0.15) is 0 Å². The molecule has 0 bridgehead atoms. The molecular weight excluding hydrogens is 338 g/mol. The van der Waals surface area contributed by atoms with Gasteiger partial charge in [-0.05, 0) is 60.5 Å². The van der Waals surface area contributed by atoms with Crippen molar-refractivity contribution in [2.24, 2.45) is 0 Å². The van der Waals surface area contributed by atoms with Gasteiger partial charge in [-0.25, -0.2) is 0 Å². The van der Waals surface area contributed by atoms with Crippen molar-refractivity contribution in [3.63, 3.8) is 0 Å². The van der Waals surface area contributed by atoms with Crippen molar-refractivity contribution < 1.29 is 7.17 Å². The lowest BCUT2D eigenvalue weighted by molar-refractivity contribution is 0.277. The fraction of sp³-hybridized carbons (Fsp3) is 0.722. The molecule has 5 heteroatoms. The van der Waals surface area contributed by atoms with Gasteiger partial charge in [-0.3, -0.25) is 4.98 Å². The minimum absolute atomic E-state index is 0.0957. The molecule has 1 aliphatic heterocycles. The first-order chi connectivity index (χ1) is 11.5. The minimum atomic E-state index is -1.95. The third-order valence-electron chi connectivity index (χ3n) is 4.76. The normalized spacial score (nSPS) is 20.7. The predicted molar refractivity (Wildman–Crippen MR) is 108 cm³/mol. The van der Waals surface area contributed by atoms with E-state index in [1.165, 1.54) is 6.42 Å². The van der Waals surface area contributed by atoms with Gasteiger partial charge in [-0.2, -0.15) is 0 Å². The summed E-state index contributed by atoms with van der Waals surface area (Å²) < 4.78 is 23.2. The number of pyridine rings is 1. The Bertz CT molecular complexity index is 558. The van der Waals surface area contributed by atoms with Crippen LogP contribution < -0.4 is 0 Å². The van der Waals surface area contributed by atoms with Crippen LogP contribution in [0.25, 0.3) is 0 Å². The van der Waals surface area contributed by atoms with Gasteiger partial charge in [-0.1, -0.05) is 26.8 Å². The number of nitrogens with zero attached hydrogens (tertiary/aromatic N) is 1. The summed E-state index contributed by atoms with van der Waals surface area (Å²) in [5.41, 5.74) is 1.13. The summed E-state index contributed by atoms with van der Waals surface area (Å²) in [5.74, 6) is 2.14. The van der Waals surface area contributed by atoms with Gasteiger partial charge in [0.05, 0.1) is 4.08 Å². The van der Waals surface area contributed by atoms with E-state index < -0.39 is 14.7 Å². The van der Waals surface area contributed by atoms with Crippen LogP contribution >= 0.6 is 23.5 Å². The lowest BCUT2D eigenvalue weighted by atomic mass is 10.1. The van der Waals surface area contributed by atoms with Crippen LogP contribution in [0, 0.1) is 0 Å². The Hall–Kier alpha value is 0.0269. The summed E-state index contributed by atoms with van der Waals surface area (Å²) in [6.45, 7) is 11.1. The highest BCUT2D eigenvalue weighted by molar-refractivity contribution is 8.18. The molecule has 2 rings (SSSR count). The van der Waals surface area contributed by atoms with E-state index in [1.54, 1.807) is 6.20 Å². The number of aromatic nitrogens is 1. The molecule has 1 aliphatic rings. The van der Waals surface area contributed by atoms with Crippen LogP contribution in [0.2, 0.25) is 18.1 Å². The second kappa shape index (κ2) is 7.94. The van der Waals surface area contributed by atoms with Crippen molar-refractivity contribution in [1.82, 2.24) is 4.98 Å². The summed E-state index contributed by atoms with van der Waals surface area (Å²) in [4.78, 5) is 4.28. The predicted octanol–water partition coefficient (Wildman–Crippen LogP) is 5.91. The maximum absolute atomic E-state index is 8.64. The maximum atomic E-state index is 8.64. The van der Waals surface area contributed by atoms with E-state index in [9.17, 15) is 0 Å². The molecule has 1 fully saturated rings. The number of thioether (sulfide) groups is 2. The van der Waals surface area contributed by atoms with Gasteiger partial charge in [-0.15, -0.1) is 23.5 Å². The van der Waals surface area contributed by atoms with Gasteiger partial charge in [0.25, 0.3) is 0 Å². The molecule has 0 saturated carbocycles. The van der Waals surface area contributed by atoms with E-state index in [0.29, 0.717) is 6.42 Å². The Balaban J connectivity index is 2.15. The van der Waals surface area contributed by atoms with E-state index >= 15 is 0 Å². The molecule has 0 spiro atoms. The molecule has 0 atom stereocenters. The molecule has 2 heterocycles. The van der Waals surface area contributed by atoms with E-state index in [0.717, 1.165) is 17.1 Å². The molecule has 0 amide bonds. The Morgan fingerprint density at radius 2 is 2.04 bits per heavy atom. The molecule has 2 nitrogen and oxygen atoms in total. The molecule has 0 N–H and O–H groups in total. The molecule has 1 aromatic rings. The third kappa shape index (κ3) is 5.00. The number of hydrogen-bond donors (Lipinski definition) is 0. The van der Waals surface area contributed by atoms with Crippen LogP contribution in [0.5, 0.6) is 0 Å². The lowest BCUT2D eigenvalue weighted by Gasteiger charge is -2.38. The van der Waals surface area contributed by atoms with Gasteiger partial charge < -0.3 is 4.43 Å². The highest BCUT2D eigenvalue weighted by atomic mass is 32.2. The van der Waals surface area contributed by atoms with Crippen LogP contribution in [0.4, 0.5) is 0 Å². The van der Waals surface area contributed by atoms with E-state index in [-0.39, 0.29) is 15.7 Å². The van der Waals surface area contributed by atoms with Crippen molar-refractivity contribution >= 4 is 31.8 Å². The Labute approximate surface area is 154 Å². The minimum Gasteiger partial charge on any atom is -0.417 e. The van der Waals surface area contributed by atoms with Crippen LogP contribution in [-0.2, 0) is 8.51 Å². The smallest absolute Gasteiger partial charge is 0.191 e. The summed E-state index contributed by atoms with van der Waals surface area (Å²) in [7, 11) is -1.95. The number of hydrogen-bond acceptors (Lipinski definition) is 4. The van der Waals surface area contributed by atoms with Crippen LogP contribution in [-0.4, -0.2) is 31.4 Å². The molecular formula is C18H31NOS2Si. The Morgan fingerprint density at radius 1 is 1.35 bits per heavy atom. The monoisotopic (exact) mass is 371 g/mol. The van der Waals surface area contributed by atoms with Gasteiger partial charge >= 0.3 is 0 Å². The van der Waals surface area contributed by atoms with Crippen LogP contribution in [0.15, 0.2) is 24.5 Å². The summed E-state index contributed by atoms with van der Waals surface area (Å²) >= 11 is 3.74. The summed E-state index contributed by atoms with van der Waals surface area (Å²) in [5, 5.41) is 0.0957. The molecule has 0 aromatic carbocycles. The topological polar surface area (TPSA) is 22.1 Å². The molecule has 130 valence electrons. The zero-order valence-corrected chi connectivity index (χ0v) is 17.6. The average molecular weight is 372 g/mol. The summed E-state index contributed by atoms with van der Waals surface area (Å²) in [6.07, 6.45) is 3.96. The first-order valence-electron chi connectivity index (χ1n) is 9.30. The zero-order chi connectivity index (χ0) is 18.8. The van der Waals surface area contributed by atoms with Crippen LogP contribution in [0.1, 0.15) is 48.3 Å². The van der Waals surface area contributed by atoms with E-state index in [4.69, 9.17) is 7.17 Å². The Morgan fingerprint density at radius 3 is 2.61 bits per heavy atom. The van der Waals surface area contributed by atoms with Crippen molar-refractivity contribution in [3.8, 4) is 0 Å². The average Bonchev–Trinajstić information content (AvgIpc) is 2.53. The van der Waals surface area contributed by atoms with Crippen molar-refractivity contribution in [1.29, 1.82) is 0 Å². The van der Waals surface area contributed by atoms with E-state index in [2.05, 4.69) is 44.9 Å². The van der Waals surface area contributed by atoms with E-state index in [1.807, 2.05) is 35.8 Å². The standard InChI is InChI=1S/C18H31NOS2Si/c1-17(2,3)23(4,5)20-12-7-10-18(21-13-8-14-22-18)16-9-6-11-19-15-16/h6,9,11,15H,7-8,10,12-14H2,1-5H3/i7D2. The molecule has 0 radical (unpaired) electrons. The highest BCUT2D eigenvalue weighted by Gasteiger charge is 2.38. The second-order valence-corrected chi connectivity index (χ2v) is 15.4. The maximum Gasteiger partial charge on any atom is 0.191 e. The fourth-order valence-corrected chi connectivity index (χ4v) is 6.33. The first kappa shape index (κ1) is 16.5. The highest BCUT2D eigenvalue weighted by Crippen LogP contribution is 2.53. The number of rotatable bonds is 6. The Kier molecular flexibility index (Phi) is 5.69. The van der Waals surface area contributed by atoms with Crippen molar-refractivity contribution in [3.05, 3.63) is 30.1 Å². The third-order valence-corrected chi connectivity index (χ3v) is 12.6. The quantitative estimate of drug-likeness (QED) is 0.580. The molecule has 0 unspecified atom stereocenters. The molecule has 0 aliphatic carbocycles. The van der Waals surface area contributed by atoms with Crippen LogP contribution in [0.3, 0.4) is 0 Å². The fourth-order valence-electron chi connectivity index (χ4n) is 2.20. The summed E-state index contributed by atoms with van der Waals surface area (Å²) in [6, 6.07) is 4.04. The molecule has 1 aromatic heterocycles. The van der Waals surface area contributed by atoms with Crippen molar-refractivity contribution in [2.75, 3.05) is 18.1 Å². The second-order valence-electron chi connectivity index (χ2n) is 7.52. The molecule has 1 saturated heterocycles. The molecule has 23 heavy (non-hydrogen) atoms.